The molecule has 0 atom stereocenters. The molecule has 0 aliphatic heterocycles. The van der Waals surface area contributed by atoms with Crippen LogP contribution in [0.15, 0.2) is 150 Å². The van der Waals surface area contributed by atoms with E-state index in [1.165, 1.54) is 51.8 Å². The third-order valence-electron chi connectivity index (χ3n) is 7.60. The van der Waals surface area contributed by atoms with Crippen LogP contribution in [0.5, 0.6) is 0 Å². The third-order valence-corrected chi connectivity index (χ3v) is 7.60. The zero-order chi connectivity index (χ0) is 28.0. The molecule has 0 spiro atoms. The van der Waals surface area contributed by atoms with Gasteiger partial charge in [-0.3, -0.25) is 0 Å². The number of para-hydroxylation sites is 1. The fourth-order valence-electron chi connectivity index (χ4n) is 5.15. The molecule has 0 saturated carbocycles. The maximum Gasteiger partial charge on any atom is 0.136 e. The fraction of sp³-hybridized carbons (Fsp3) is 0.100. The topological polar surface area (TPSA) is 13.1 Å². The molecule has 0 N–H and O–H groups in total. The summed E-state index contributed by atoms with van der Waals surface area (Å²) >= 11 is 0. The molecular weight excluding hydrogens is 496 g/mol. The van der Waals surface area contributed by atoms with E-state index >= 15 is 0 Å². The first-order valence-electron chi connectivity index (χ1n) is 14.5. The number of furan rings is 1. The van der Waals surface area contributed by atoms with Crippen molar-refractivity contribution in [2.24, 2.45) is 0 Å². The largest absolute Gasteiger partial charge is 0.456 e. The summed E-state index contributed by atoms with van der Waals surface area (Å²) in [5.41, 5.74) is 11.5. The summed E-state index contributed by atoms with van der Waals surface area (Å²) in [7, 11) is 0. The minimum atomic E-state index is 0.921. The van der Waals surface area contributed by atoms with Gasteiger partial charge in [-0.2, -0.15) is 0 Å². The van der Waals surface area contributed by atoms with Gasteiger partial charge in [-0.15, -0.1) is 0 Å². The second kappa shape index (κ2) is 12.1. The lowest BCUT2D eigenvalue weighted by molar-refractivity contribution is 0.669. The van der Waals surface area contributed by atoms with Gasteiger partial charge in [0.1, 0.15) is 11.2 Å². The van der Waals surface area contributed by atoms with Gasteiger partial charge in [-0.05, 0) is 74.8 Å². The van der Waals surface area contributed by atoms with Gasteiger partial charge in [-0.1, -0.05) is 142 Å². The van der Waals surface area contributed by atoms with E-state index in [-0.39, 0.29) is 0 Å². The highest BCUT2D eigenvalue weighted by Gasteiger charge is 2.09. The number of unbranched alkanes of at least 4 members (excludes halogenated alkanes) is 1. The minimum Gasteiger partial charge on any atom is -0.456 e. The van der Waals surface area contributed by atoms with Gasteiger partial charge < -0.3 is 4.42 Å². The Morgan fingerprint density at radius 3 is 1.37 bits per heavy atom. The van der Waals surface area contributed by atoms with Crippen LogP contribution in [-0.4, -0.2) is 0 Å². The predicted octanol–water partition coefficient (Wildman–Crippen LogP) is 12.1. The van der Waals surface area contributed by atoms with Crippen LogP contribution in [0.3, 0.4) is 0 Å². The quantitative estimate of drug-likeness (QED) is 0.216. The van der Waals surface area contributed by atoms with Crippen molar-refractivity contribution in [2.45, 2.75) is 26.7 Å². The highest BCUT2D eigenvalue weighted by Crippen LogP contribution is 2.34. The second-order valence-corrected chi connectivity index (χ2v) is 10.4. The molecule has 1 aromatic heterocycles. The highest BCUT2D eigenvalue weighted by atomic mass is 16.3. The Hall–Kier alpha value is -4.88. The van der Waals surface area contributed by atoms with Gasteiger partial charge in [0.15, 0.2) is 0 Å². The summed E-state index contributed by atoms with van der Waals surface area (Å²) in [6.45, 7) is 4.36. The molecule has 0 unspecified atom stereocenters. The summed E-state index contributed by atoms with van der Waals surface area (Å²) in [5, 5.41) is 2.31. The Morgan fingerprint density at radius 1 is 0.341 bits per heavy atom. The lowest BCUT2D eigenvalue weighted by Gasteiger charge is -2.09. The summed E-state index contributed by atoms with van der Waals surface area (Å²) < 4.78 is 6.13. The molecular formula is C40H34O. The molecule has 0 saturated heterocycles. The molecule has 0 amide bonds. The average molecular weight is 531 g/mol. The molecule has 0 radical (unpaired) electrons. The van der Waals surface area contributed by atoms with E-state index in [0.29, 0.717) is 0 Å². The highest BCUT2D eigenvalue weighted by molar-refractivity contribution is 6.05. The summed E-state index contributed by atoms with van der Waals surface area (Å²) in [6.07, 6.45) is 2.64. The Bertz CT molecular complexity index is 1890. The molecule has 41 heavy (non-hydrogen) atoms. The Labute approximate surface area is 242 Å². The standard InChI is InChI=1S/C36H24O.C4H10/c1-2-8-25(9-3-1)26-16-18-27(19-17-26)28-10-6-11-29(22-28)30-12-7-13-31(23-30)32-20-21-34-33-14-4-5-15-35(33)37-36(34)24-32;1-3-4-2/h1-24H;3-4H2,1-2H3. The van der Waals surface area contributed by atoms with E-state index in [0.717, 1.165) is 27.5 Å². The van der Waals surface area contributed by atoms with Gasteiger partial charge in [0.25, 0.3) is 0 Å². The van der Waals surface area contributed by atoms with E-state index in [1.807, 2.05) is 12.1 Å². The molecule has 1 nitrogen and oxygen atoms in total. The molecule has 200 valence electrons. The van der Waals surface area contributed by atoms with Crippen molar-refractivity contribution < 1.29 is 4.42 Å². The molecule has 6 aromatic carbocycles. The van der Waals surface area contributed by atoms with Gasteiger partial charge >= 0.3 is 0 Å². The fourth-order valence-corrected chi connectivity index (χ4v) is 5.15. The number of fused-ring (bicyclic) bond motifs is 3. The molecule has 0 aliphatic carbocycles. The smallest absolute Gasteiger partial charge is 0.136 e. The molecule has 0 bridgehead atoms. The first-order chi connectivity index (χ1) is 20.2. The zero-order valence-corrected chi connectivity index (χ0v) is 23.7. The van der Waals surface area contributed by atoms with Crippen LogP contribution in [0.1, 0.15) is 26.7 Å². The van der Waals surface area contributed by atoms with Gasteiger partial charge in [0, 0.05) is 10.8 Å². The first-order valence-corrected chi connectivity index (χ1v) is 14.5. The SMILES string of the molecule is CCCC.c1ccc(-c2ccc(-c3cccc(-c4cccc(-c5ccc6c(c5)oc5ccccc56)c4)c3)cc2)cc1. The first kappa shape index (κ1) is 26.3. The Kier molecular flexibility index (Phi) is 7.78. The predicted molar refractivity (Wildman–Crippen MR) is 176 cm³/mol. The Morgan fingerprint density at radius 2 is 0.756 bits per heavy atom. The van der Waals surface area contributed by atoms with Crippen LogP contribution in [-0.2, 0) is 0 Å². The van der Waals surface area contributed by atoms with E-state index in [9.17, 15) is 0 Å². The molecule has 0 aliphatic rings. The van der Waals surface area contributed by atoms with E-state index in [4.69, 9.17) is 4.42 Å². The molecule has 0 fully saturated rings. The molecule has 7 aromatic rings. The normalized spacial score (nSPS) is 10.9. The molecule has 1 heteroatoms. The van der Waals surface area contributed by atoms with Crippen molar-refractivity contribution in [1.29, 1.82) is 0 Å². The van der Waals surface area contributed by atoms with Gasteiger partial charge in [-0.25, -0.2) is 0 Å². The van der Waals surface area contributed by atoms with E-state index in [2.05, 4.69) is 147 Å². The van der Waals surface area contributed by atoms with Crippen molar-refractivity contribution in [3.05, 3.63) is 146 Å². The molecule has 1 heterocycles. The van der Waals surface area contributed by atoms with Crippen LogP contribution in [0.25, 0.3) is 66.4 Å². The second-order valence-electron chi connectivity index (χ2n) is 10.4. The summed E-state index contributed by atoms with van der Waals surface area (Å²) in [4.78, 5) is 0. The summed E-state index contributed by atoms with van der Waals surface area (Å²) in [6, 6.07) is 51.6. The Balaban J connectivity index is 0.000000712. The van der Waals surface area contributed by atoms with Crippen molar-refractivity contribution >= 4 is 21.9 Å². The lowest BCUT2D eigenvalue weighted by atomic mass is 9.95. The number of benzene rings is 6. The van der Waals surface area contributed by atoms with Crippen molar-refractivity contribution in [3.63, 3.8) is 0 Å². The minimum absolute atomic E-state index is 0.921. The van der Waals surface area contributed by atoms with Crippen LogP contribution in [0.2, 0.25) is 0 Å². The monoisotopic (exact) mass is 530 g/mol. The number of hydrogen-bond donors (Lipinski definition) is 0. The van der Waals surface area contributed by atoms with Crippen LogP contribution >= 0.6 is 0 Å². The number of rotatable bonds is 5. The van der Waals surface area contributed by atoms with Crippen molar-refractivity contribution in [3.8, 4) is 44.5 Å². The summed E-state index contributed by atoms with van der Waals surface area (Å²) in [5.74, 6) is 0. The van der Waals surface area contributed by atoms with Crippen LogP contribution in [0.4, 0.5) is 0 Å². The van der Waals surface area contributed by atoms with Gasteiger partial charge in [0.2, 0.25) is 0 Å². The zero-order valence-electron chi connectivity index (χ0n) is 23.7. The third kappa shape index (κ3) is 5.71. The van der Waals surface area contributed by atoms with Crippen LogP contribution in [0, 0.1) is 0 Å². The maximum absolute atomic E-state index is 6.13. The van der Waals surface area contributed by atoms with E-state index in [1.54, 1.807) is 0 Å². The number of hydrogen-bond acceptors (Lipinski definition) is 1. The molecule has 7 rings (SSSR count). The lowest BCUT2D eigenvalue weighted by Crippen LogP contribution is -1.84. The van der Waals surface area contributed by atoms with Crippen molar-refractivity contribution in [2.75, 3.05) is 0 Å². The van der Waals surface area contributed by atoms with Gasteiger partial charge in [0.05, 0.1) is 0 Å². The van der Waals surface area contributed by atoms with E-state index < -0.39 is 0 Å². The average Bonchev–Trinajstić information content (AvgIpc) is 3.43. The maximum atomic E-state index is 6.13. The van der Waals surface area contributed by atoms with Crippen molar-refractivity contribution in [1.82, 2.24) is 0 Å². The van der Waals surface area contributed by atoms with Crippen LogP contribution < -0.4 is 0 Å².